The summed E-state index contributed by atoms with van der Waals surface area (Å²) in [6.07, 6.45) is 6.44. The highest BCUT2D eigenvalue weighted by Crippen LogP contribution is 2.30. The lowest BCUT2D eigenvalue weighted by Crippen LogP contribution is -2.46. The number of nitrogens with zero attached hydrogens (tertiary/aromatic N) is 4. The summed E-state index contributed by atoms with van der Waals surface area (Å²) in [6.45, 7) is 8.55. The minimum atomic E-state index is -0.755. The molecule has 4 rings (SSSR count). The molecule has 3 aromatic rings. The molecule has 0 spiro atoms. The highest BCUT2D eigenvalue weighted by molar-refractivity contribution is 5.94. The van der Waals surface area contributed by atoms with E-state index in [1.54, 1.807) is 18.6 Å². The average molecular weight is 509 g/mol. The van der Waals surface area contributed by atoms with Gasteiger partial charge in [-0.2, -0.15) is 10.2 Å². The number of hydrogen-bond donors (Lipinski definition) is 2. The van der Waals surface area contributed by atoms with E-state index < -0.39 is 24.5 Å². The van der Waals surface area contributed by atoms with Crippen molar-refractivity contribution in [2.45, 2.75) is 78.3 Å². The Morgan fingerprint density at radius 3 is 2.68 bits per heavy atom. The summed E-state index contributed by atoms with van der Waals surface area (Å²) in [4.78, 5) is 36.0. The normalized spacial score (nSPS) is 16.8. The van der Waals surface area contributed by atoms with Crippen molar-refractivity contribution in [1.29, 1.82) is 0 Å². The van der Waals surface area contributed by atoms with Crippen molar-refractivity contribution in [2.24, 2.45) is 5.41 Å². The fourth-order valence-corrected chi connectivity index (χ4v) is 4.06. The molecule has 1 amide bonds. The Bertz CT molecular complexity index is 1160. The molecule has 10 heteroatoms. The largest absolute Gasteiger partial charge is 0.444 e. The number of carbonyl (C=O) groups excluding carboxylic acids is 2. The first kappa shape index (κ1) is 26.4. The van der Waals surface area contributed by atoms with Gasteiger partial charge in [0.25, 0.3) is 0 Å². The van der Waals surface area contributed by atoms with E-state index in [0.29, 0.717) is 18.8 Å². The van der Waals surface area contributed by atoms with Crippen LogP contribution in [0.2, 0.25) is 0 Å². The van der Waals surface area contributed by atoms with Crippen LogP contribution in [0.1, 0.15) is 58.2 Å². The third-order valence-corrected chi connectivity index (χ3v) is 6.34. The predicted molar refractivity (Wildman–Crippen MR) is 139 cm³/mol. The third kappa shape index (κ3) is 7.19. The Morgan fingerprint density at radius 2 is 2.00 bits per heavy atom. The number of ketones is 1. The van der Waals surface area contributed by atoms with Crippen LogP contribution in [0, 0.1) is 5.41 Å². The maximum absolute atomic E-state index is 13.1. The van der Waals surface area contributed by atoms with Gasteiger partial charge in [-0.3, -0.25) is 9.89 Å². The number of rotatable bonds is 12. The lowest BCUT2D eigenvalue weighted by atomic mass is 9.89. The van der Waals surface area contributed by atoms with Crippen molar-refractivity contribution in [3.05, 3.63) is 66.4 Å². The maximum atomic E-state index is 13.1. The zero-order valence-corrected chi connectivity index (χ0v) is 21.9. The van der Waals surface area contributed by atoms with E-state index in [4.69, 9.17) is 9.57 Å². The van der Waals surface area contributed by atoms with E-state index in [0.717, 1.165) is 25.0 Å². The number of hydroxylamine groups is 1. The first-order chi connectivity index (χ1) is 17.7. The van der Waals surface area contributed by atoms with Crippen LogP contribution in [-0.2, 0) is 27.3 Å². The number of nitrogens with one attached hydrogen (secondary N) is 2. The lowest BCUT2D eigenvalue weighted by molar-refractivity contribution is -0.122. The van der Waals surface area contributed by atoms with E-state index in [1.165, 1.54) is 10.6 Å². The zero-order chi connectivity index (χ0) is 26.4. The fraction of sp³-hybridized carbons (Fsp3) is 0.481. The van der Waals surface area contributed by atoms with Gasteiger partial charge >= 0.3 is 6.09 Å². The van der Waals surface area contributed by atoms with Gasteiger partial charge in [0.1, 0.15) is 6.10 Å². The topological polar surface area (TPSA) is 117 Å². The number of anilines is 1. The molecule has 2 N–H and O–H groups in total. The van der Waals surface area contributed by atoms with Gasteiger partial charge in [0, 0.05) is 24.1 Å². The fourth-order valence-electron chi connectivity index (χ4n) is 4.06. The summed E-state index contributed by atoms with van der Waals surface area (Å²) in [7, 11) is 0. The highest BCUT2D eigenvalue weighted by atomic mass is 16.8. The predicted octanol–water partition coefficient (Wildman–Crippen LogP) is 4.24. The van der Waals surface area contributed by atoms with E-state index in [2.05, 4.69) is 32.6 Å². The number of ether oxygens (including phenoxy) is 1. The Morgan fingerprint density at radius 1 is 1.22 bits per heavy atom. The van der Waals surface area contributed by atoms with Gasteiger partial charge in [-0.15, -0.1) is 0 Å². The number of amides is 1. The molecule has 3 atom stereocenters. The molecule has 0 saturated carbocycles. The monoisotopic (exact) mass is 508 g/mol. The van der Waals surface area contributed by atoms with Crippen molar-refractivity contribution in [3.63, 3.8) is 0 Å². The second-order valence-corrected chi connectivity index (χ2v) is 10.5. The van der Waals surface area contributed by atoms with Gasteiger partial charge < -0.3 is 14.6 Å². The number of benzene rings is 1. The average Bonchev–Trinajstić information content (AvgIpc) is 3.23. The lowest BCUT2D eigenvalue weighted by Gasteiger charge is -2.31. The van der Waals surface area contributed by atoms with Crippen LogP contribution in [0.3, 0.4) is 0 Å². The molecule has 0 radical (unpaired) electrons. The highest BCUT2D eigenvalue weighted by Gasteiger charge is 2.47. The van der Waals surface area contributed by atoms with Crippen molar-refractivity contribution in [2.75, 3.05) is 5.06 Å². The molecule has 1 saturated heterocycles. The molecule has 2 unspecified atom stereocenters. The Balaban J connectivity index is 1.37. The second-order valence-electron chi connectivity index (χ2n) is 10.5. The van der Waals surface area contributed by atoms with Crippen LogP contribution in [-0.4, -0.2) is 50.0 Å². The molecule has 198 valence electrons. The van der Waals surface area contributed by atoms with Gasteiger partial charge in [-0.05, 0) is 12.0 Å². The van der Waals surface area contributed by atoms with Crippen LogP contribution in [0.4, 0.5) is 10.6 Å². The summed E-state index contributed by atoms with van der Waals surface area (Å²) in [5.74, 6) is 0.377. The third-order valence-electron chi connectivity index (χ3n) is 6.34. The van der Waals surface area contributed by atoms with Crippen molar-refractivity contribution in [1.82, 2.24) is 25.1 Å². The van der Waals surface area contributed by atoms with E-state index >= 15 is 0 Å². The number of carbonyl (C=O) groups is 2. The van der Waals surface area contributed by atoms with Crippen LogP contribution in [0.25, 0.3) is 0 Å². The smallest absolute Gasteiger partial charge is 0.408 e. The maximum Gasteiger partial charge on any atom is 0.408 e. The summed E-state index contributed by atoms with van der Waals surface area (Å²) in [5.41, 5.74) is 1.80. The molecule has 37 heavy (non-hydrogen) atoms. The Kier molecular flexibility index (Phi) is 8.27. The minimum absolute atomic E-state index is 0.215. The number of Topliss-reactive ketones (excluding diaryl/α,β-unsaturated/α-hetero) is 1. The summed E-state index contributed by atoms with van der Waals surface area (Å²) in [5, 5.41) is 10.9. The molecule has 1 aliphatic heterocycles. The van der Waals surface area contributed by atoms with Gasteiger partial charge in [0.05, 0.1) is 30.8 Å². The van der Waals surface area contributed by atoms with E-state index in [-0.39, 0.29) is 11.2 Å². The first-order valence-electron chi connectivity index (χ1n) is 12.8. The molecule has 0 aliphatic carbocycles. The molecule has 2 aromatic heterocycles. The van der Waals surface area contributed by atoms with Crippen molar-refractivity contribution < 1.29 is 19.2 Å². The number of H-pyrrole nitrogens is 1. The number of hydrogen-bond acceptors (Lipinski definition) is 7. The SMILES string of the molecule is CCCC[C@@H](NC(=O)OC(Cn1cnc(Cc2ccccc2)c1)C(C)(C)C)C(=O)C1ON1c1ccn[nH]1. The number of aromatic amines is 1. The van der Waals surface area contributed by atoms with E-state index in [9.17, 15) is 9.59 Å². The molecule has 0 bridgehead atoms. The molecular weight excluding hydrogens is 472 g/mol. The van der Waals surface area contributed by atoms with Crippen molar-refractivity contribution in [3.8, 4) is 0 Å². The second kappa shape index (κ2) is 11.6. The minimum Gasteiger partial charge on any atom is -0.444 e. The zero-order valence-electron chi connectivity index (χ0n) is 21.9. The molecule has 1 fully saturated rings. The van der Waals surface area contributed by atoms with Crippen LogP contribution in [0.5, 0.6) is 0 Å². The molecule has 1 aromatic carbocycles. The standard InChI is InChI=1S/C27H36N6O4/c1-5-6-12-21(24(34)25-33(37-25)23-13-14-29-31-23)30-26(35)36-22(27(2,3)4)17-32-16-20(28-18-32)15-19-10-8-7-9-11-19/h7-11,13-14,16,18,21-22,25H,5-6,12,15,17H2,1-4H3,(H,29,31)(H,30,35)/t21-,22?,25?,33?/m1/s1. The number of imidazole rings is 1. The summed E-state index contributed by atoms with van der Waals surface area (Å²) >= 11 is 0. The van der Waals surface area contributed by atoms with Gasteiger partial charge in [-0.1, -0.05) is 70.9 Å². The van der Waals surface area contributed by atoms with Crippen LogP contribution in [0.15, 0.2) is 55.1 Å². The van der Waals surface area contributed by atoms with Gasteiger partial charge in [-0.25, -0.2) is 14.6 Å². The quantitative estimate of drug-likeness (QED) is 0.351. The van der Waals surface area contributed by atoms with Crippen LogP contribution >= 0.6 is 0 Å². The number of alkyl carbamates (subject to hydrolysis) is 1. The summed E-state index contributed by atoms with van der Waals surface area (Å²) < 4.78 is 7.83. The Hall–Kier alpha value is -3.66. The molecule has 10 nitrogen and oxygen atoms in total. The number of aromatic nitrogens is 4. The molecule has 3 heterocycles. The molecular formula is C27H36N6O4. The van der Waals surface area contributed by atoms with Crippen LogP contribution < -0.4 is 10.4 Å². The van der Waals surface area contributed by atoms with Crippen molar-refractivity contribution >= 4 is 17.7 Å². The van der Waals surface area contributed by atoms with Gasteiger partial charge in [0.15, 0.2) is 5.82 Å². The molecule has 1 aliphatic rings. The summed E-state index contributed by atoms with van der Waals surface area (Å²) in [6, 6.07) is 11.2. The Labute approximate surface area is 217 Å². The van der Waals surface area contributed by atoms with Gasteiger partial charge in [0.2, 0.25) is 12.0 Å². The van der Waals surface area contributed by atoms with E-state index in [1.807, 2.05) is 56.7 Å². The first-order valence-corrected chi connectivity index (χ1v) is 12.8. The number of unbranched alkanes of at least 4 members (excludes halogenated alkanes) is 1.